The molecule has 0 aromatic heterocycles. The summed E-state index contributed by atoms with van der Waals surface area (Å²) in [5.74, 6) is 0.412. The molecular weight excluding hydrogens is 272 g/mol. The summed E-state index contributed by atoms with van der Waals surface area (Å²) in [6.45, 7) is 4.83. The second-order valence-corrected chi connectivity index (χ2v) is 4.57. The minimum absolute atomic E-state index is 0.243. The maximum absolute atomic E-state index is 11.1. The van der Waals surface area contributed by atoms with E-state index in [1.165, 1.54) is 13.8 Å². The largest absolute Gasteiger partial charge is 0.496 e. The first kappa shape index (κ1) is 16.8. The van der Waals surface area contributed by atoms with Gasteiger partial charge >= 0.3 is 11.9 Å². The summed E-state index contributed by atoms with van der Waals surface area (Å²) in [5, 5.41) is 0. The summed E-state index contributed by atoms with van der Waals surface area (Å²) in [6.07, 6.45) is 2.42. The van der Waals surface area contributed by atoms with Gasteiger partial charge in [-0.25, -0.2) is 0 Å². The Kier molecular flexibility index (Phi) is 6.46. The maximum atomic E-state index is 11.1. The smallest absolute Gasteiger partial charge is 0.308 e. The molecule has 0 unspecified atom stereocenters. The van der Waals surface area contributed by atoms with Crippen molar-refractivity contribution >= 4 is 11.9 Å². The first-order valence-corrected chi connectivity index (χ1v) is 6.57. The number of benzene rings is 1. The fourth-order valence-electron chi connectivity index (χ4n) is 1.74. The lowest BCUT2D eigenvalue weighted by Crippen LogP contribution is -2.05. The fourth-order valence-corrected chi connectivity index (χ4v) is 1.74. The van der Waals surface area contributed by atoms with Crippen LogP contribution in [-0.4, -0.2) is 25.7 Å². The van der Waals surface area contributed by atoms with Crippen LogP contribution in [0.1, 0.15) is 26.3 Å². The molecule has 114 valence electrons. The molecule has 1 aromatic carbocycles. The van der Waals surface area contributed by atoms with E-state index in [4.69, 9.17) is 14.2 Å². The summed E-state index contributed by atoms with van der Waals surface area (Å²) < 4.78 is 15.4. The lowest BCUT2D eigenvalue weighted by molar-refractivity contribution is -0.140. The zero-order valence-corrected chi connectivity index (χ0v) is 12.8. The molecule has 0 radical (unpaired) electrons. The van der Waals surface area contributed by atoms with Crippen molar-refractivity contribution in [1.29, 1.82) is 0 Å². The molecule has 0 atom stereocenters. The van der Waals surface area contributed by atoms with Crippen molar-refractivity contribution in [1.82, 2.24) is 0 Å². The van der Waals surface area contributed by atoms with Crippen LogP contribution in [0.25, 0.3) is 0 Å². The average molecular weight is 292 g/mol. The Hall–Kier alpha value is -2.30. The molecule has 0 aliphatic rings. The molecule has 0 saturated heterocycles. The number of carbonyl (C=O) groups is 2. The molecule has 0 amide bonds. The number of ether oxygens (including phenoxy) is 3. The van der Waals surface area contributed by atoms with Gasteiger partial charge in [-0.05, 0) is 31.1 Å². The Morgan fingerprint density at radius 2 is 1.76 bits per heavy atom. The minimum atomic E-state index is -0.384. The van der Waals surface area contributed by atoms with Gasteiger partial charge in [0.15, 0.2) is 0 Å². The van der Waals surface area contributed by atoms with Crippen LogP contribution in [0.5, 0.6) is 11.5 Å². The van der Waals surface area contributed by atoms with Crippen LogP contribution in [0, 0.1) is 0 Å². The van der Waals surface area contributed by atoms with E-state index in [0.29, 0.717) is 17.9 Å². The van der Waals surface area contributed by atoms with Gasteiger partial charge in [-0.1, -0.05) is 12.1 Å². The molecule has 5 nitrogen and oxygen atoms in total. The Morgan fingerprint density at radius 1 is 1.10 bits per heavy atom. The highest BCUT2D eigenvalue weighted by atomic mass is 16.5. The van der Waals surface area contributed by atoms with Crippen molar-refractivity contribution in [3.63, 3.8) is 0 Å². The standard InChI is InChI=1S/C16H20O5/c1-11(10-20-12(2)17)8-9-14-15(19-4)6-5-7-16(14)21-13(3)18/h5-8H,9-10H2,1-4H3. The van der Waals surface area contributed by atoms with Gasteiger partial charge < -0.3 is 14.2 Å². The van der Waals surface area contributed by atoms with Gasteiger partial charge in [0, 0.05) is 19.4 Å². The van der Waals surface area contributed by atoms with Crippen molar-refractivity contribution in [2.75, 3.05) is 13.7 Å². The van der Waals surface area contributed by atoms with E-state index in [-0.39, 0.29) is 18.5 Å². The van der Waals surface area contributed by atoms with Crippen LogP contribution in [0.4, 0.5) is 0 Å². The Bertz CT molecular complexity index is 546. The first-order chi connectivity index (χ1) is 9.93. The van der Waals surface area contributed by atoms with Crippen LogP contribution in [0.15, 0.2) is 29.8 Å². The molecule has 5 heteroatoms. The second kappa shape index (κ2) is 8.09. The molecule has 0 N–H and O–H groups in total. The van der Waals surface area contributed by atoms with E-state index in [0.717, 1.165) is 11.1 Å². The van der Waals surface area contributed by atoms with Gasteiger partial charge in [-0.3, -0.25) is 9.59 Å². The van der Waals surface area contributed by atoms with E-state index >= 15 is 0 Å². The summed E-state index contributed by atoms with van der Waals surface area (Å²) in [6, 6.07) is 5.28. The fraction of sp³-hybridized carbons (Fsp3) is 0.375. The van der Waals surface area contributed by atoms with Gasteiger partial charge in [0.05, 0.1) is 7.11 Å². The van der Waals surface area contributed by atoms with E-state index in [9.17, 15) is 9.59 Å². The number of rotatable bonds is 6. The Morgan fingerprint density at radius 3 is 2.33 bits per heavy atom. The number of methoxy groups -OCH3 is 1. The number of carbonyl (C=O) groups excluding carboxylic acids is 2. The lowest BCUT2D eigenvalue weighted by Gasteiger charge is -2.12. The summed E-state index contributed by atoms with van der Waals surface area (Å²) in [5.41, 5.74) is 1.68. The summed E-state index contributed by atoms with van der Waals surface area (Å²) >= 11 is 0. The second-order valence-electron chi connectivity index (χ2n) is 4.57. The quantitative estimate of drug-likeness (QED) is 0.458. The third-order valence-electron chi connectivity index (χ3n) is 2.72. The zero-order valence-electron chi connectivity index (χ0n) is 12.8. The van der Waals surface area contributed by atoms with Crippen LogP contribution in [0.3, 0.4) is 0 Å². The maximum Gasteiger partial charge on any atom is 0.308 e. The SMILES string of the molecule is COc1cccc(OC(C)=O)c1CC=C(C)COC(C)=O. The summed E-state index contributed by atoms with van der Waals surface area (Å²) in [4.78, 5) is 21.9. The topological polar surface area (TPSA) is 61.8 Å². The number of hydrogen-bond acceptors (Lipinski definition) is 5. The Labute approximate surface area is 124 Å². The predicted molar refractivity (Wildman–Crippen MR) is 78.4 cm³/mol. The highest BCUT2D eigenvalue weighted by Crippen LogP contribution is 2.29. The van der Waals surface area contributed by atoms with Crippen LogP contribution >= 0.6 is 0 Å². The highest BCUT2D eigenvalue weighted by Gasteiger charge is 2.11. The van der Waals surface area contributed by atoms with Crippen molar-refractivity contribution in [2.24, 2.45) is 0 Å². The van der Waals surface area contributed by atoms with Crippen molar-refractivity contribution in [3.8, 4) is 11.5 Å². The third kappa shape index (κ3) is 5.69. The van der Waals surface area contributed by atoms with E-state index < -0.39 is 0 Å². The monoisotopic (exact) mass is 292 g/mol. The molecule has 0 bridgehead atoms. The molecule has 0 saturated carbocycles. The number of hydrogen-bond donors (Lipinski definition) is 0. The normalized spacial score (nSPS) is 11.0. The van der Waals surface area contributed by atoms with Gasteiger partial charge in [-0.2, -0.15) is 0 Å². The van der Waals surface area contributed by atoms with Crippen molar-refractivity contribution in [2.45, 2.75) is 27.2 Å². The van der Waals surface area contributed by atoms with E-state index in [2.05, 4.69) is 0 Å². The third-order valence-corrected chi connectivity index (χ3v) is 2.72. The molecule has 0 fully saturated rings. The van der Waals surface area contributed by atoms with E-state index in [1.807, 2.05) is 13.0 Å². The molecule has 1 rings (SSSR count). The van der Waals surface area contributed by atoms with E-state index in [1.54, 1.807) is 25.3 Å². The zero-order chi connectivity index (χ0) is 15.8. The molecule has 0 aliphatic heterocycles. The van der Waals surface area contributed by atoms with Crippen molar-refractivity contribution in [3.05, 3.63) is 35.4 Å². The minimum Gasteiger partial charge on any atom is -0.496 e. The van der Waals surface area contributed by atoms with Crippen molar-refractivity contribution < 1.29 is 23.8 Å². The van der Waals surface area contributed by atoms with Gasteiger partial charge in [0.25, 0.3) is 0 Å². The molecule has 0 aliphatic carbocycles. The molecule has 0 heterocycles. The van der Waals surface area contributed by atoms with Crippen LogP contribution in [0.2, 0.25) is 0 Å². The highest BCUT2D eigenvalue weighted by molar-refractivity contribution is 5.70. The number of esters is 2. The van der Waals surface area contributed by atoms with Gasteiger partial charge in [0.1, 0.15) is 18.1 Å². The van der Waals surface area contributed by atoms with Gasteiger partial charge in [0.2, 0.25) is 0 Å². The first-order valence-electron chi connectivity index (χ1n) is 6.57. The Balaban J connectivity index is 2.91. The average Bonchev–Trinajstić information content (AvgIpc) is 2.42. The molecular formula is C16H20O5. The lowest BCUT2D eigenvalue weighted by atomic mass is 10.1. The molecule has 0 spiro atoms. The number of allylic oxidation sites excluding steroid dienone is 1. The summed E-state index contributed by atoms with van der Waals surface area (Å²) in [7, 11) is 1.56. The van der Waals surface area contributed by atoms with Crippen LogP contribution in [-0.2, 0) is 20.7 Å². The molecule has 21 heavy (non-hydrogen) atoms. The predicted octanol–water partition coefficient (Wildman–Crippen LogP) is 2.67. The molecule has 1 aromatic rings. The van der Waals surface area contributed by atoms with Gasteiger partial charge in [-0.15, -0.1) is 0 Å². The van der Waals surface area contributed by atoms with Crippen LogP contribution < -0.4 is 9.47 Å².